The highest BCUT2D eigenvalue weighted by Gasteiger charge is 2.14. The topological polar surface area (TPSA) is 49.3 Å². The highest BCUT2D eigenvalue weighted by atomic mass is 16.3. The van der Waals surface area contributed by atoms with Crippen LogP contribution in [-0.2, 0) is 11.2 Å². The van der Waals surface area contributed by atoms with Crippen LogP contribution in [0.1, 0.15) is 26.3 Å². The van der Waals surface area contributed by atoms with Crippen LogP contribution in [0.5, 0.6) is 5.75 Å². The number of hydrogen-bond acceptors (Lipinski definition) is 2. The summed E-state index contributed by atoms with van der Waals surface area (Å²) in [5.74, 6) is 0.0885. The molecule has 0 bridgehead atoms. The van der Waals surface area contributed by atoms with Gasteiger partial charge in [-0.1, -0.05) is 18.2 Å². The summed E-state index contributed by atoms with van der Waals surface area (Å²) in [6, 6.07) is 6.87. The number of carbonyl (C=O) groups is 1. The maximum atomic E-state index is 11.6. The predicted octanol–water partition coefficient (Wildman–Crippen LogP) is 1.85. The zero-order chi connectivity index (χ0) is 11.5. The highest BCUT2D eigenvalue weighted by Crippen LogP contribution is 2.16. The maximum Gasteiger partial charge on any atom is 0.224 e. The number of phenolic OH excluding ortho intramolecular Hbond substituents is 1. The highest BCUT2D eigenvalue weighted by molar-refractivity contribution is 5.79. The number of amides is 1. The van der Waals surface area contributed by atoms with Crippen LogP contribution in [-0.4, -0.2) is 16.6 Å². The van der Waals surface area contributed by atoms with Gasteiger partial charge in [0.2, 0.25) is 5.91 Å². The van der Waals surface area contributed by atoms with E-state index in [1.165, 1.54) is 0 Å². The van der Waals surface area contributed by atoms with Crippen LogP contribution in [0.3, 0.4) is 0 Å². The first-order valence-corrected chi connectivity index (χ1v) is 4.96. The van der Waals surface area contributed by atoms with Gasteiger partial charge in [-0.3, -0.25) is 4.79 Å². The molecule has 1 amide bonds. The lowest BCUT2D eigenvalue weighted by atomic mass is 10.1. The van der Waals surface area contributed by atoms with Crippen LogP contribution in [0.25, 0.3) is 0 Å². The lowest BCUT2D eigenvalue weighted by Crippen LogP contribution is -2.41. The fourth-order valence-corrected chi connectivity index (χ4v) is 1.30. The Hall–Kier alpha value is -1.51. The van der Waals surface area contributed by atoms with Gasteiger partial charge in [0.1, 0.15) is 5.75 Å². The predicted molar refractivity (Wildman–Crippen MR) is 59.7 cm³/mol. The van der Waals surface area contributed by atoms with Gasteiger partial charge in [-0.05, 0) is 26.8 Å². The van der Waals surface area contributed by atoms with Gasteiger partial charge < -0.3 is 10.4 Å². The van der Waals surface area contributed by atoms with Gasteiger partial charge in [-0.25, -0.2) is 0 Å². The molecule has 1 aromatic carbocycles. The molecule has 1 aromatic rings. The Kier molecular flexibility index (Phi) is 3.35. The molecule has 0 aliphatic heterocycles. The van der Waals surface area contributed by atoms with Crippen molar-refractivity contribution in [3.63, 3.8) is 0 Å². The lowest BCUT2D eigenvalue weighted by Gasteiger charge is -2.20. The van der Waals surface area contributed by atoms with Crippen molar-refractivity contribution in [1.82, 2.24) is 5.32 Å². The minimum atomic E-state index is -0.235. The van der Waals surface area contributed by atoms with E-state index in [1.807, 2.05) is 20.8 Å². The Bertz CT molecular complexity index is 353. The molecular formula is C12H17NO2. The fourth-order valence-electron chi connectivity index (χ4n) is 1.30. The molecule has 1 rings (SSSR count). The van der Waals surface area contributed by atoms with Crippen molar-refractivity contribution in [1.29, 1.82) is 0 Å². The largest absolute Gasteiger partial charge is 0.508 e. The van der Waals surface area contributed by atoms with Gasteiger partial charge in [0.25, 0.3) is 0 Å². The van der Waals surface area contributed by atoms with E-state index in [1.54, 1.807) is 24.3 Å². The molecule has 0 aliphatic carbocycles. The molecule has 0 saturated heterocycles. The van der Waals surface area contributed by atoms with Crippen molar-refractivity contribution in [2.24, 2.45) is 0 Å². The van der Waals surface area contributed by atoms with Gasteiger partial charge >= 0.3 is 0 Å². The van der Waals surface area contributed by atoms with Gasteiger partial charge in [0.15, 0.2) is 0 Å². The van der Waals surface area contributed by atoms with Crippen LogP contribution >= 0.6 is 0 Å². The Morgan fingerprint density at radius 1 is 1.33 bits per heavy atom. The number of nitrogens with one attached hydrogen (secondary N) is 1. The standard InChI is InChI=1S/C12H17NO2/c1-12(2,3)13-11(15)8-9-6-4-5-7-10(9)14/h4-7,14H,8H2,1-3H3,(H,13,15). The van der Waals surface area contributed by atoms with Crippen LogP contribution in [0.15, 0.2) is 24.3 Å². The first-order valence-electron chi connectivity index (χ1n) is 4.96. The Balaban J connectivity index is 2.64. The van der Waals surface area contributed by atoms with Crippen LogP contribution in [0.2, 0.25) is 0 Å². The minimum Gasteiger partial charge on any atom is -0.508 e. The molecular weight excluding hydrogens is 190 g/mol. The van der Waals surface area contributed by atoms with Crippen molar-refractivity contribution >= 4 is 5.91 Å². The first kappa shape index (κ1) is 11.6. The summed E-state index contributed by atoms with van der Waals surface area (Å²) in [7, 11) is 0. The summed E-state index contributed by atoms with van der Waals surface area (Å²) in [4.78, 5) is 11.6. The van der Waals surface area contributed by atoms with E-state index in [9.17, 15) is 9.90 Å². The summed E-state index contributed by atoms with van der Waals surface area (Å²) in [6.45, 7) is 5.78. The molecule has 0 unspecified atom stereocenters. The van der Waals surface area contributed by atoms with Crippen molar-refractivity contribution in [3.05, 3.63) is 29.8 Å². The van der Waals surface area contributed by atoms with Gasteiger partial charge in [-0.15, -0.1) is 0 Å². The number of benzene rings is 1. The number of carbonyl (C=O) groups excluding carboxylic acids is 1. The van der Waals surface area contributed by atoms with Crippen LogP contribution < -0.4 is 5.32 Å². The van der Waals surface area contributed by atoms with Gasteiger partial charge in [0.05, 0.1) is 6.42 Å². The quantitative estimate of drug-likeness (QED) is 0.777. The molecule has 15 heavy (non-hydrogen) atoms. The van der Waals surface area contributed by atoms with Crippen molar-refractivity contribution in [2.75, 3.05) is 0 Å². The number of para-hydroxylation sites is 1. The second-order valence-corrected chi connectivity index (χ2v) is 4.60. The van der Waals surface area contributed by atoms with Crippen LogP contribution in [0, 0.1) is 0 Å². The van der Waals surface area contributed by atoms with Crippen molar-refractivity contribution in [2.45, 2.75) is 32.7 Å². The Morgan fingerprint density at radius 2 is 1.93 bits per heavy atom. The summed E-state index contributed by atoms with van der Waals surface area (Å²) in [6.07, 6.45) is 0.212. The zero-order valence-corrected chi connectivity index (χ0v) is 9.37. The molecule has 0 atom stereocenters. The monoisotopic (exact) mass is 207 g/mol. The van der Waals surface area contributed by atoms with Crippen molar-refractivity contribution < 1.29 is 9.90 Å². The van der Waals surface area contributed by atoms with E-state index in [0.29, 0.717) is 5.56 Å². The number of aromatic hydroxyl groups is 1. The van der Waals surface area contributed by atoms with Gasteiger partial charge in [-0.2, -0.15) is 0 Å². The van der Waals surface area contributed by atoms with Crippen molar-refractivity contribution in [3.8, 4) is 5.75 Å². The van der Waals surface area contributed by atoms with Crippen LogP contribution in [0.4, 0.5) is 0 Å². The molecule has 0 aromatic heterocycles. The number of hydrogen-bond donors (Lipinski definition) is 2. The van der Waals surface area contributed by atoms with Gasteiger partial charge in [0, 0.05) is 11.1 Å². The Morgan fingerprint density at radius 3 is 2.47 bits per heavy atom. The summed E-state index contributed by atoms with van der Waals surface area (Å²) in [5, 5.41) is 12.3. The molecule has 3 nitrogen and oxygen atoms in total. The normalized spacial score (nSPS) is 11.1. The summed E-state index contributed by atoms with van der Waals surface area (Å²) >= 11 is 0. The van der Waals surface area contributed by atoms with E-state index in [2.05, 4.69) is 5.32 Å². The smallest absolute Gasteiger partial charge is 0.224 e. The SMILES string of the molecule is CC(C)(C)NC(=O)Cc1ccccc1O. The third-order valence-electron chi connectivity index (χ3n) is 1.86. The molecule has 3 heteroatoms. The number of rotatable bonds is 2. The molecule has 0 aliphatic rings. The third kappa shape index (κ3) is 4.02. The fraction of sp³-hybridized carbons (Fsp3) is 0.417. The second kappa shape index (κ2) is 4.34. The van der Waals surface area contributed by atoms with E-state index < -0.39 is 0 Å². The number of phenols is 1. The molecule has 0 saturated carbocycles. The lowest BCUT2D eigenvalue weighted by molar-refractivity contribution is -0.121. The average Bonchev–Trinajstić information content (AvgIpc) is 2.05. The van der Waals surface area contributed by atoms with E-state index in [4.69, 9.17) is 0 Å². The third-order valence-corrected chi connectivity index (χ3v) is 1.86. The molecule has 0 fully saturated rings. The molecule has 0 spiro atoms. The first-order chi connectivity index (χ1) is 6.88. The molecule has 0 radical (unpaired) electrons. The summed E-state index contributed by atoms with van der Waals surface area (Å²) < 4.78 is 0. The van der Waals surface area contributed by atoms with E-state index in [-0.39, 0.29) is 23.6 Å². The van der Waals surface area contributed by atoms with E-state index in [0.717, 1.165) is 0 Å². The second-order valence-electron chi connectivity index (χ2n) is 4.60. The van der Waals surface area contributed by atoms with E-state index >= 15 is 0 Å². The zero-order valence-electron chi connectivity index (χ0n) is 9.37. The minimum absolute atomic E-state index is 0.0796. The molecule has 0 heterocycles. The molecule has 2 N–H and O–H groups in total. The summed E-state index contributed by atoms with van der Waals surface area (Å²) in [5.41, 5.74) is 0.417. The Labute approximate surface area is 90.1 Å². The maximum absolute atomic E-state index is 11.6. The average molecular weight is 207 g/mol. The molecule has 82 valence electrons.